The molecule has 3 aromatic rings. The van der Waals surface area contributed by atoms with Gasteiger partial charge in [-0.3, -0.25) is 9.59 Å². The fourth-order valence-corrected chi connectivity index (χ4v) is 2.88. The lowest BCUT2D eigenvalue weighted by atomic mass is 10.2. The fraction of sp³-hybridized carbons (Fsp3) is 0.158. The molecular formula is C19H18BrN5O2. The number of rotatable bonds is 6. The van der Waals surface area contributed by atoms with Crippen molar-refractivity contribution in [1.29, 1.82) is 0 Å². The van der Waals surface area contributed by atoms with Gasteiger partial charge < -0.3 is 10.6 Å². The van der Waals surface area contributed by atoms with E-state index in [-0.39, 0.29) is 24.9 Å². The van der Waals surface area contributed by atoms with Crippen LogP contribution in [-0.2, 0) is 16.1 Å². The lowest BCUT2D eigenvalue weighted by Crippen LogP contribution is -2.35. The first-order valence-corrected chi connectivity index (χ1v) is 9.10. The molecule has 0 atom stereocenters. The van der Waals surface area contributed by atoms with E-state index >= 15 is 0 Å². The van der Waals surface area contributed by atoms with Crippen molar-refractivity contribution in [2.45, 2.75) is 13.5 Å². The molecule has 1 aromatic heterocycles. The SMILES string of the molecule is Cc1nc(-c2ccccc2)n(CC(=O)NCC(=O)Nc2ccccc2Br)n1. The van der Waals surface area contributed by atoms with Gasteiger partial charge in [0.1, 0.15) is 12.4 Å². The van der Waals surface area contributed by atoms with Gasteiger partial charge in [-0.25, -0.2) is 9.67 Å². The summed E-state index contributed by atoms with van der Waals surface area (Å²) in [7, 11) is 0. The van der Waals surface area contributed by atoms with Gasteiger partial charge in [-0.05, 0) is 35.0 Å². The zero-order valence-corrected chi connectivity index (χ0v) is 16.2. The first-order valence-electron chi connectivity index (χ1n) is 8.31. The number of aryl methyl sites for hydroxylation is 1. The number of anilines is 1. The van der Waals surface area contributed by atoms with Crippen LogP contribution in [0.1, 0.15) is 5.82 Å². The highest BCUT2D eigenvalue weighted by Gasteiger charge is 2.14. The number of benzene rings is 2. The Bertz CT molecular complexity index is 956. The molecule has 0 spiro atoms. The Morgan fingerprint density at radius 1 is 1.04 bits per heavy atom. The number of aromatic nitrogens is 3. The zero-order chi connectivity index (χ0) is 19.2. The molecule has 0 saturated carbocycles. The van der Waals surface area contributed by atoms with Crippen LogP contribution in [0.25, 0.3) is 11.4 Å². The van der Waals surface area contributed by atoms with E-state index in [1.807, 2.05) is 48.5 Å². The van der Waals surface area contributed by atoms with Crippen LogP contribution < -0.4 is 10.6 Å². The van der Waals surface area contributed by atoms with E-state index in [1.54, 1.807) is 13.0 Å². The van der Waals surface area contributed by atoms with E-state index < -0.39 is 0 Å². The quantitative estimate of drug-likeness (QED) is 0.632. The second kappa shape index (κ2) is 8.59. The Balaban J connectivity index is 1.59. The van der Waals surface area contributed by atoms with Crippen LogP contribution in [0.15, 0.2) is 59.1 Å². The molecule has 2 N–H and O–H groups in total. The lowest BCUT2D eigenvalue weighted by molar-refractivity contribution is -0.124. The second-order valence-corrected chi connectivity index (χ2v) is 6.67. The molecule has 0 unspecified atom stereocenters. The number of hydrogen-bond acceptors (Lipinski definition) is 4. The summed E-state index contributed by atoms with van der Waals surface area (Å²) in [5, 5.41) is 9.61. The second-order valence-electron chi connectivity index (χ2n) is 5.81. The average Bonchev–Trinajstić information content (AvgIpc) is 3.03. The molecule has 0 radical (unpaired) electrons. The van der Waals surface area contributed by atoms with Crippen LogP contribution in [0.3, 0.4) is 0 Å². The van der Waals surface area contributed by atoms with Crippen LogP contribution in [0, 0.1) is 6.92 Å². The molecule has 8 heteroatoms. The van der Waals surface area contributed by atoms with E-state index in [0.29, 0.717) is 17.3 Å². The van der Waals surface area contributed by atoms with Crippen molar-refractivity contribution in [2.24, 2.45) is 0 Å². The molecular weight excluding hydrogens is 410 g/mol. The summed E-state index contributed by atoms with van der Waals surface area (Å²) >= 11 is 3.36. The number of carbonyl (C=O) groups is 2. The first kappa shape index (κ1) is 18.8. The first-order chi connectivity index (χ1) is 13.0. The van der Waals surface area contributed by atoms with Crippen LogP contribution in [0.5, 0.6) is 0 Å². The third-order valence-electron chi connectivity index (χ3n) is 3.70. The third kappa shape index (κ3) is 5.01. The summed E-state index contributed by atoms with van der Waals surface area (Å²) in [5.74, 6) is 0.557. The Labute approximate surface area is 164 Å². The number of nitrogens with zero attached hydrogens (tertiary/aromatic N) is 3. The molecule has 1 heterocycles. The van der Waals surface area contributed by atoms with Crippen LogP contribution in [0.4, 0.5) is 5.69 Å². The number of para-hydroxylation sites is 1. The van der Waals surface area contributed by atoms with Gasteiger partial charge >= 0.3 is 0 Å². The van der Waals surface area contributed by atoms with E-state index in [2.05, 4.69) is 36.6 Å². The maximum Gasteiger partial charge on any atom is 0.243 e. The summed E-state index contributed by atoms with van der Waals surface area (Å²) in [6.45, 7) is 1.62. The topological polar surface area (TPSA) is 88.9 Å². The minimum atomic E-state index is -0.320. The van der Waals surface area contributed by atoms with Gasteiger partial charge in [0.05, 0.1) is 12.2 Å². The van der Waals surface area contributed by atoms with Crippen LogP contribution >= 0.6 is 15.9 Å². The third-order valence-corrected chi connectivity index (χ3v) is 4.39. The minimum absolute atomic E-state index is 0.0205. The van der Waals surface area contributed by atoms with E-state index in [0.717, 1.165) is 10.0 Å². The van der Waals surface area contributed by atoms with Crippen molar-refractivity contribution >= 4 is 33.4 Å². The highest BCUT2D eigenvalue weighted by Crippen LogP contribution is 2.20. The van der Waals surface area contributed by atoms with E-state index in [9.17, 15) is 9.59 Å². The Morgan fingerprint density at radius 2 is 1.74 bits per heavy atom. The van der Waals surface area contributed by atoms with Crippen LogP contribution in [-0.4, -0.2) is 33.1 Å². The maximum absolute atomic E-state index is 12.2. The molecule has 0 aliphatic heterocycles. The van der Waals surface area contributed by atoms with E-state index in [4.69, 9.17) is 0 Å². The zero-order valence-electron chi connectivity index (χ0n) is 14.6. The summed E-state index contributed by atoms with van der Waals surface area (Å²) in [6.07, 6.45) is 0. The molecule has 27 heavy (non-hydrogen) atoms. The summed E-state index contributed by atoms with van der Waals surface area (Å²) in [4.78, 5) is 28.7. The standard InChI is InChI=1S/C19H18BrN5O2/c1-13-22-19(14-7-3-2-4-8-14)25(24-13)12-18(27)21-11-17(26)23-16-10-6-5-9-15(16)20/h2-10H,11-12H2,1H3,(H,21,27)(H,23,26). The number of amides is 2. The van der Waals surface area contributed by atoms with Gasteiger partial charge in [0, 0.05) is 10.0 Å². The number of nitrogens with one attached hydrogen (secondary N) is 2. The molecule has 0 saturated heterocycles. The van der Waals surface area contributed by atoms with Gasteiger partial charge in [-0.1, -0.05) is 42.5 Å². The number of hydrogen-bond donors (Lipinski definition) is 2. The summed E-state index contributed by atoms with van der Waals surface area (Å²) < 4.78 is 2.31. The number of carbonyl (C=O) groups excluding carboxylic acids is 2. The fourth-order valence-electron chi connectivity index (χ4n) is 2.49. The van der Waals surface area contributed by atoms with E-state index in [1.165, 1.54) is 4.68 Å². The molecule has 3 rings (SSSR count). The monoisotopic (exact) mass is 427 g/mol. The molecule has 0 aliphatic rings. The van der Waals surface area contributed by atoms with Crippen molar-refractivity contribution in [2.75, 3.05) is 11.9 Å². The average molecular weight is 428 g/mol. The molecule has 0 aliphatic carbocycles. The largest absolute Gasteiger partial charge is 0.345 e. The summed E-state index contributed by atoms with van der Waals surface area (Å²) in [5.41, 5.74) is 1.52. The van der Waals surface area contributed by atoms with Crippen molar-refractivity contribution in [3.63, 3.8) is 0 Å². The Hall–Kier alpha value is -3.00. The van der Waals surface area contributed by atoms with Gasteiger partial charge in [0.15, 0.2) is 5.82 Å². The van der Waals surface area contributed by atoms with Crippen molar-refractivity contribution in [3.05, 3.63) is 64.9 Å². The molecule has 138 valence electrons. The summed E-state index contributed by atoms with van der Waals surface area (Å²) in [6, 6.07) is 16.8. The molecule has 2 aromatic carbocycles. The Morgan fingerprint density at radius 3 is 2.48 bits per heavy atom. The van der Waals surface area contributed by atoms with Crippen molar-refractivity contribution < 1.29 is 9.59 Å². The minimum Gasteiger partial charge on any atom is -0.345 e. The predicted octanol–water partition coefficient (Wildman–Crippen LogP) is 2.77. The van der Waals surface area contributed by atoms with Gasteiger partial charge in [-0.15, -0.1) is 0 Å². The van der Waals surface area contributed by atoms with Crippen molar-refractivity contribution in [3.8, 4) is 11.4 Å². The number of halogens is 1. The van der Waals surface area contributed by atoms with Gasteiger partial charge in [0.2, 0.25) is 11.8 Å². The smallest absolute Gasteiger partial charge is 0.243 e. The Kier molecular flexibility index (Phi) is 5.97. The van der Waals surface area contributed by atoms with Gasteiger partial charge in [-0.2, -0.15) is 5.10 Å². The molecule has 7 nitrogen and oxygen atoms in total. The van der Waals surface area contributed by atoms with Gasteiger partial charge in [0.25, 0.3) is 0 Å². The molecule has 0 bridgehead atoms. The maximum atomic E-state index is 12.2. The molecule has 2 amide bonds. The highest BCUT2D eigenvalue weighted by atomic mass is 79.9. The van der Waals surface area contributed by atoms with Crippen LogP contribution in [0.2, 0.25) is 0 Å². The highest BCUT2D eigenvalue weighted by molar-refractivity contribution is 9.10. The van der Waals surface area contributed by atoms with Crippen molar-refractivity contribution in [1.82, 2.24) is 20.1 Å². The predicted molar refractivity (Wildman–Crippen MR) is 106 cm³/mol. The molecule has 0 fully saturated rings. The normalized spacial score (nSPS) is 10.4. The lowest BCUT2D eigenvalue weighted by Gasteiger charge is -2.09.